The van der Waals surface area contributed by atoms with Crippen LogP contribution in [0.15, 0.2) is 30.3 Å². The molecular formula is C13H17NO4. The van der Waals surface area contributed by atoms with E-state index in [9.17, 15) is 14.7 Å². The van der Waals surface area contributed by atoms with Crippen LogP contribution in [0.25, 0.3) is 0 Å². The molecule has 98 valence electrons. The third-order valence-electron chi connectivity index (χ3n) is 2.77. The maximum atomic E-state index is 11.2. The number of nitrogens with zero attached hydrogens (tertiary/aromatic N) is 1. The Bertz CT molecular complexity index is 405. The first-order chi connectivity index (χ1) is 8.50. The Balaban J connectivity index is 2.65. The highest BCUT2D eigenvalue weighted by molar-refractivity contribution is 5.74. The van der Waals surface area contributed by atoms with Crippen LogP contribution in [0.1, 0.15) is 12.0 Å². The zero-order valence-corrected chi connectivity index (χ0v) is 10.2. The van der Waals surface area contributed by atoms with E-state index in [4.69, 9.17) is 5.11 Å². The molecule has 0 amide bonds. The molecule has 0 spiro atoms. The summed E-state index contributed by atoms with van der Waals surface area (Å²) in [5, 5.41) is 17.8. The van der Waals surface area contributed by atoms with Gasteiger partial charge in [0.25, 0.3) is 0 Å². The van der Waals surface area contributed by atoms with Gasteiger partial charge in [0.05, 0.1) is 6.42 Å². The fourth-order valence-corrected chi connectivity index (χ4v) is 1.70. The summed E-state index contributed by atoms with van der Waals surface area (Å²) < 4.78 is 0. The van der Waals surface area contributed by atoms with Gasteiger partial charge in [0.15, 0.2) is 0 Å². The van der Waals surface area contributed by atoms with Crippen LogP contribution >= 0.6 is 0 Å². The molecule has 0 aromatic heterocycles. The fraction of sp³-hybridized carbons (Fsp3) is 0.385. The topological polar surface area (TPSA) is 77.8 Å². The molecular weight excluding hydrogens is 234 g/mol. The number of hydrogen-bond donors (Lipinski definition) is 2. The SMILES string of the molecule is CN(CCC(=O)O)[C@@H](Cc1ccccc1)C(=O)O. The minimum Gasteiger partial charge on any atom is -0.481 e. The van der Waals surface area contributed by atoms with Gasteiger partial charge >= 0.3 is 11.9 Å². The molecule has 0 unspecified atom stereocenters. The highest BCUT2D eigenvalue weighted by Gasteiger charge is 2.23. The summed E-state index contributed by atoms with van der Waals surface area (Å²) in [5.74, 6) is -1.86. The monoisotopic (exact) mass is 251 g/mol. The third kappa shape index (κ3) is 4.55. The van der Waals surface area contributed by atoms with Crippen molar-refractivity contribution in [1.82, 2.24) is 4.90 Å². The number of carboxylic acid groups (broad SMARTS) is 2. The van der Waals surface area contributed by atoms with Crippen molar-refractivity contribution in [3.8, 4) is 0 Å². The van der Waals surface area contributed by atoms with Gasteiger partial charge in [-0.3, -0.25) is 14.5 Å². The normalized spacial score (nSPS) is 12.3. The second kappa shape index (κ2) is 6.76. The second-order valence-electron chi connectivity index (χ2n) is 4.17. The minimum absolute atomic E-state index is 0.0604. The Labute approximate surface area is 106 Å². The molecule has 18 heavy (non-hydrogen) atoms. The number of hydrogen-bond acceptors (Lipinski definition) is 3. The van der Waals surface area contributed by atoms with Gasteiger partial charge in [-0.05, 0) is 19.0 Å². The predicted molar refractivity (Wildman–Crippen MR) is 66.5 cm³/mol. The molecule has 1 aromatic carbocycles. The van der Waals surface area contributed by atoms with Crippen LogP contribution < -0.4 is 0 Å². The Morgan fingerprint density at radius 1 is 1.22 bits per heavy atom. The molecule has 1 atom stereocenters. The van der Waals surface area contributed by atoms with Gasteiger partial charge in [-0.1, -0.05) is 30.3 Å². The maximum Gasteiger partial charge on any atom is 0.321 e. The van der Waals surface area contributed by atoms with Gasteiger partial charge in [-0.2, -0.15) is 0 Å². The standard InChI is InChI=1S/C13H17NO4/c1-14(8-7-12(15)16)11(13(17)18)9-10-5-3-2-4-6-10/h2-6,11H,7-9H2,1H3,(H,15,16)(H,17,18)/t11-/m0/s1. The molecule has 5 nitrogen and oxygen atoms in total. The molecule has 5 heteroatoms. The Morgan fingerprint density at radius 2 is 1.83 bits per heavy atom. The van der Waals surface area contributed by atoms with Crippen LogP contribution in [0.3, 0.4) is 0 Å². The summed E-state index contributed by atoms with van der Waals surface area (Å²) in [7, 11) is 1.63. The molecule has 0 bridgehead atoms. The number of aliphatic carboxylic acids is 2. The van der Waals surface area contributed by atoms with E-state index >= 15 is 0 Å². The lowest BCUT2D eigenvalue weighted by molar-refractivity contribution is -0.144. The van der Waals surface area contributed by atoms with Crippen molar-refractivity contribution in [2.45, 2.75) is 18.9 Å². The van der Waals surface area contributed by atoms with Crippen molar-refractivity contribution in [3.63, 3.8) is 0 Å². The van der Waals surface area contributed by atoms with Gasteiger partial charge in [0.1, 0.15) is 6.04 Å². The predicted octanol–water partition coefficient (Wildman–Crippen LogP) is 1.09. The van der Waals surface area contributed by atoms with Gasteiger partial charge < -0.3 is 10.2 Å². The highest BCUT2D eigenvalue weighted by Crippen LogP contribution is 2.08. The number of benzene rings is 1. The minimum atomic E-state index is -0.938. The number of likely N-dealkylation sites (N-methyl/N-ethyl adjacent to an activating group) is 1. The van der Waals surface area contributed by atoms with Crippen LogP contribution in [0.2, 0.25) is 0 Å². The molecule has 0 fully saturated rings. The van der Waals surface area contributed by atoms with E-state index in [0.29, 0.717) is 6.42 Å². The van der Waals surface area contributed by atoms with Gasteiger partial charge in [0, 0.05) is 6.54 Å². The van der Waals surface area contributed by atoms with Crippen molar-refractivity contribution in [2.75, 3.05) is 13.6 Å². The Hall–Kier alpha value is -1.88. The molecule has 0 aliphatic heterocycles. The van der Waals surface area contributed by atoms with Crippen LogP contribution in [-0.2, 0) is 16.0 Å². The summed E-state index contributed by atoms with van der Waals surface area (Å²) in [6.45, 7) is 0.221. The van der Waals surface area contributed by atoms with Crippen molar-refractivity contribution < 1.29 is 19.8 Å². The average Bonchev–Trinajstić information content (AvgIpc) is 2.34. The van der Waals surface area contributed by atoms with Crippen LogP contribution in [-0.4, -0.2) is 46.7 Å². The Morgan fingerprint density at radius 3 is 2.33 bits per heavy atom. The molecule has 0 heterocycles. The lowest BCUT2D eigenvalue weighted by Gasteiger charge is -2.24. The van der Waals surface area contributed by atoms with E-state index in [0.717, 1.165) is 5.56 Å². The van der Waals surface area contributed by atoms with E-state index < -0.39 is 18.0 Å². The Kier molecular flexibility index (Phi) is 5.32. The van der Waals surface area contributed by atoms with E-state index in [2.05, 4.69) is 0 Å². The van der Waals surface area contributed by atoms with Crippen molar-refractivity contribution >= 4 is 11.9 Å². The van der Waals surface area contributed by atoms with Crippen LogP contribution in [0.5, 0.6) is 0 Å². The second-order valence-corrected chi connectivity index (χ2v) is 4.17. The van der Waals surface area contributed by atoms with Gasteiger partial charge in [0.2, 0.25) is 0 Å². The fourth-order valence-electron chi connectivity index (χ4n) is 1.70. The van der Waals surface area contributed by atoms with E-state index in [-0.39, 0.29) is 13.0 Å². The number of carbonyl (C=O) groups is 2. The molecule has 1 rings (SSSR count). The molecule has 0 aliphatic rings. The van der Waals surface area contributed by atoms with Gasteiger partial charge in [-0.25, -0.2) is 0 Å². The molecule has 0 saturated carbocycles. The van der Waals surface area contributed by atoms with E-state index in [1.165, 1.54) is 0 Å². The quantitative estimate of drug-likeness (QED) is 0.758. The van der Waals surface area contributed by atoms with E-state index in [1.807, 2.05) is 30.3 Å². The van der Waals surface area contributed by atoms with Crippen molar-refractivity contribution in [3.05, 3.63) is 35.9 Å². The first-order valence-corrected chi connectivity index (χ1v) is 5.69. The summed E-state index contributed by atoms with van der Waals surface area (Å²) in [6, 6.07) is 8.60. The summed E-state index contributed by atoms with van der Waals surface area (Å²) >= 11 is 0. The third-order valence-corrected chi connectivity index (χ3v) is 2.77. The summed E-state index contributed by atoms with van der Waals surface area (Å²) in [4.78, 5) is 23.2. The average molecular weight is 251 g/mol. The number of carboxylic acids is 2. The largest absolute Gasteiger partial charge is 0.481 e. The maximum absolute atomic E-state index is 11.2. The zero-order valence-electron chi connectivity index (χ0n) is 10.2. The summed E-state index contributed by atoms with van der Waals surface area (Å²) in [6.07, 6.45) is 0.307. The van der Waals surface area contributed by atoms with Crippen molar-refractivity contribution in [1.29, 1.82) is 0 Å². The first-order valence-electron chi connectivity index (χ1n) is 5.69. The molecule has 2 N–H and O–H groups in total. The molecule has 1 aromatic rings. The highest BCUT2D eigenvalue weighted by atomic mass is 16.4. The number of rotatable bonds is 7. The smallest absolute Gasteiger partial charge is 0.321 e. The lowest BCUT2D eigenvalue weighted by Crippen LogP contribution is -2.41. The zero-order chi connectivity index (χ0) is 13.5. The first kappa shape index (κ1) is 14.2. The summed E-state index contributed by atoms with van der Waals surface area (Å²) in [5.41, 5.74) is 0.923. The molecule has 0 radical (unpaired) electrons. The van der Waals surface area contributed by atoms with Crippen molar-refractivity contribution in [2.24, 2.45) is 0 Å². The molecule has 0 saturated heterocycles. The van der Waals surface area contributed by atoms with Crippen LogP contribution in [0.4, 0.5) is 0 Å². The van der Waals surface area contributed by atoms with E-state index in [1.54, 1.807) is 11.9 Å². The lowest BCUT2D eigenvalue weighted by atomic mass is 10.0. The van der Waals surface area contributed by atoms with Gasteiger partial charge in [-0.15, -0.1) is 0 Å². The molecule has 0 aliphatic carbocycles. The van der Waals surface area contributed by atoms with Crippen LogP contribution in [0, 0.1) is 0 Å².